The largest absolute Gasteiger partial charge is 0.352 e. The van der Waals surface area contributed by atoms with Crippen LogP contribution in [0.3, 0.4) is 0 Å². The van der Waals surface area contributed by atoms with E-state index in [-0.39, 0.29) is 10.8 Å². The highest BCUT2D eigenvalue weighted by Gasteiger charge is 2.25. The van der Waals surface area contributed by atoms with Crippen LogP contribution >= 0.6 is 11.6 Å². The molecule has 166 valence electrons. The standard InChI is InChI=1S/C23H23ClN4O3S/c1-17-7-9-19(10-8-17)26-32(30,31)20-5-2-4-18(16-20)23(29)28-14-12-27(13-15-28)22-21(24)6-3-11-25-22/h2-11,16,26H,12-15H2,1H3. The van der Waals surface area contributed by atoms with Crippen molar-refractivity contribution >= 4 is 39.0 Å². The lowest BCUT2D eigenvalue weighted by Gasteiger charge is -2.35. The van der Waals surface area contributed by atoms with E-state index in [1.165, 1.54) is 12.1 Å². The zero-order chi connectivity index (χ0) is 22.7. The SMILES string of the molecule is Cc1ccc(NS(=O)(=O)c2cccc(C(=O)N3CCN(c4ncccc4Cl)CC3)c2)cc1. The van der Waals surface area contributed by atoms with E-state index in [0.29, 0.717) is 48.3 Å². The summed E-state index contributed by atoms with van der Waals surface area (Å²) in [6, 6.07) is 16.7. The van der Waals surface area contributed by atoms with E-state index in [2.05, 4.69) is 9.71 Å². The molecule has 0 unspecified atom stereocenters. The number of carbonyl (C=O) groups excluding carboxylic acids is 1. The number of rotatable bonds is 5. The molecule has 1 amide bonds. The van der Waals surface area contributed by atoms with Gasteiger partial charge in [0, 0.05) is 43.6 Å². The molecule has 0 spiro atoms. The number of halogens is 1. The van der Waals surface area contributed by atoms with E-state index < -0.39 is 10.0 Å². The van der Waals surface area contributed by atoms with E-state index in [0.717, 1.165) is 5.56 Å². The minimum Gasteiger partial charge on any atom is -0.352 e. The maximum Gasteiger partial charge on any atom is 0.261 e. The molecule has 0 aliphatic carbocycles. The van der Waals surface area contributed by atoms with Crippen LogP contribution in [0.2, 0.25) is 5.02 Å². The van der Waals surface area contributed by atoms with Crippen LogP contribution in [0.4, 0.5) is 11.5 Å². The fourth-order valence-electron chi connectivity index (χ4n) is 3.55. The number of hydrogen-bond donors (Lipinski definition) is 1. The van der Waals surface area contributed by atoms with Crippen LogP contribution in [0.25, 0.3) is 0 Å². The second kappa shape index (κ2) is 9.18. The van der Waals surface area contributed by atoms with Crippen LogP contribution in [-0.4, -0.2) is 50.4 Å². The van der Waals surface area contributed by atoms with Crippen molar-refractivity contribution in [2.45, 2.75) is 11.8 Å². The molecule has 0 saturated carbocycles. The first-order chi connectivity index (χ1) is 15.3. The summed E-state index contributed by atoms with van der Waals surface area (Å²) in [4.78, 5) is 21.2. The number of piperazine rings is 1. The highest BCUT2D eigenvalue weighted by atomic mass is 35.5. The summed E-state index contributed by atoms with van der Waals surface area (Å²) in [7, 11) is -3.81. The number of pyridine rings is 1. The molecule has 3 aromatic rings. The molecule has 4 rings (SSSR count). The Hall–Kier alpha value is -3.10. The molecule has 0 atom stereocenters. The van der Waals surface area contributed by atoms with Crippen molar-refractivity contribution in [2.24, 2.45) is 0 Å². The number of hydrogen-bond acceptors (Lipinski definition) is 5. The Morgan fingerprint density at radius 1 is 1.00 bits per heavy atom. The van der Waals surface area contributed by atoms with Gasteiger partial charge in [-0.25, -0.2) is 13.4 Å². The molecule has 1 aromatic heterocycles. The summed E-state index contributed by atoms with van der Waals surface area (Å²) in [6.45, 7) is 4.09. The molecule has 0 bridgehead atoms. The quantitative estimate of drug-likeness (QED) is 0.613. The van der Waals surface area contributed by atoms with Gasteiger partial charge in [-0.1, -0.05) is 35.4 Å². The number of amides is 1. The average molecular weight is 471 g/mol. The molecule has 1 saturated heterocycles. The summed E-state index contributed by atoms with van der Waals surface area (Å²) in [5.41, 5.74) is 1.84. The third-order valence-electron chi connectivity index (χ3n) is 5.30. The Bertz CT molecular complexity index is 1220. The Labute approximate surface area is 192 Å². The number of carbonyl (C=O) groups is 1. The van der Waals surface area contributed by atoms with Gasteiger partial charge in [0.15, 0.2) is 0 Å². The molecule has 0 radical (unpaired) electrons. The van der Waals surface area contributed by atoms with Gasteiger partial charge < -0.3 is 9.80 Å². The molecule has 9 heteroatoms. The van der Waals surface area contributed by atoms with Crippen molar-refractivity contribution < 1.29 is 13.2 Å². The molecule has 2 heterocycles. The molecule has 7 nitrogen and oxygen atoms in total. The lowest BCUT2D eigenvalue weighted by molar-refractivity contribution is 0.0746. The number of nitrogens with one attached hydrogen (secondary N) is 1. The van der Waals surface area contributed by atoms with Crippen molar-refractivity contribution in [3.63, 3.8) is 0 Å². The number of aromatic nitrogens is 1. The molecule has 32 heavy (non-hydrogen) atoms. The number of nitrogens with zero attached hydrogens (tertiary/aromatic N) is 3. The van der Waals surface area contributed by atoms with Gasteiger partial charge in [0.25, 0.3) is 15.9 Å². The summed E-state index contributed by atoms with van der Waals surface area (Å²) in [6.07, 6.45) is 1.69. The summed E-state index contributed by atoms with van der Waals surface area (Å²) < 4.78 is 28.2. The van der Waals surface area contributed by atoms with E-state index in [1.807, 2.05) is 24.0 Å². The lowest BCUT2D eigenvalue weighted by atomic mass is 10.2. The second-order valence-corrected chi connectivity index (χ2v) is 9.68. The molecule has 1 fully saturated rings. The molecule has 1 aliphatic heterocycles. The van der Waals surface area contributed by atoms with Gasteiger partial charge in [0.05, 0.1) is 9.92 Å². The summed E-state index contributed by atoms with van der Waals surface area (Å²) >= 11 is 6.23. The minimum absolute atomic E-state index is 0.0443. The first-order valence-electron chi connectivity index (χ1n) is 10.2. The Morgan fingerprint density at radius 2 is 1.72 bits per heavy atom. The first-order valence-corrected chi connectivity index (χ1v) is 12.0. The normalized spacial score (nSPS) is 14.3. The van der Waals surface area contributed by atoms with Crippen LogP contribution < -0.4 is 9.62 Å². The van der Waals surface area contributed by atoms with Gasteiger partial charge in [-0.2, -0.15) is 0 Å². The summed E-state index contributed by atoms with van der Waals surface area (Å²) in [5, 5.41) is 0.575. The highest BCUT2D eigenvalue weighted by molar-refractivity contribution is 7.92. The zero-order valence-corrected chi connectivity index (χ0v) is 19.1. The van der Waals surface area contributed by atoms with Gasteiger partial charge in [0.2, 0.25) is 0 Å². The van der Waals surface area contributed by atoms with E-state index in [4.69, 9.17) is 11.6 Å². The molecule has 2 aromatic carbocycles. The molecule has 1 aliphatic rings. The van der Waals surface area contributed by atoms with E-state index in [9.17, 15) is 13.2 Å². The fourth-order valence-corrected chi connectivity index (χ4v) is 4.89. The zero-order valence-electron chi connectivity index (χ0n) is 17.5. The lowest BCUT2D eigenvalue weighted by Crippen LogP contribution is -2.49. The van der Waals surface area contributed by atoms with E-state index in [1.54, 1.807) is 47.5 Å². The number of sulfonamides is 1. The number of benzene rings is 2. The third-order valence-corrected chi connectivity index (χ3v) is 6.97. The van der Waals surface area contributed by atoms with Gasteiger partial charge in [0.1, 0.15) is 5.82 Å². The number of anilines is 2. The Kier molecular flexibility index (Phi) is 6.34. The Morgan fingerprint density at radius 3 is 2.41 bits per heavy atom. The Balaban J connectivity index is 1.45. The van der Waals surface area contributed by atoms with Crippen LogP contribution in [0.5, 0.6) is 0 Å². The number of aryl methyl sites for hydroxylation is 1. The first kappa shape index (κ1) is 22.1. The summed E-state index contributed by atoms with van der Waals surface area (Å²) in [5.74, 6) is 0.501. The van der Waals surface area contributed by atoms with E-state index >= 15 is 0 Å². The topological polar surface area (TPSA) is 82.6 Å². The maximum atomic E-state index is 13.0. The average Bonchev–Trinajstić information content (AvgIpc) is 2.80. The fraction of sp³-hybridized carbons (Fsp3) is 0.217. The van der Waals surface area contributed by atoms with Crippen molar-refractivity contribution in [1.82, 2.24) is 9.88 Å². The van der Waals surface area contributed by atoms with Gasteiger partial charge in [-0.05, 0) is 49.4 Å². The maximum absolute atomic E-state index is 13.0. The molecular formula is C23H23ClN4O3S. The van der Waals surface area contributed by atoms with Gasteiger partial charge in [-0.3, -0.25) is 9.52 Å². The highest BCUT2D eigenvalue weighted by Crippen LogP contribution is 2.24. The minimum atomic E-state index is -3.81. The van der Waals surface area contributed by atoms with Crippen molar-refractivity contribution in [3.05, 3.63) is 83.0 Å². The molecular weight excluding hydrogens is 448 g/mol. The van der Waals surface area contributed by atoms with Crippen molar-refractivity contribution in [2.75, 3.05) is 35.8 Å². The van der Waals surface area contributed by atoms with Gasteiger partial charge >= 0.3 is 0 Å². The predicted molar refractivity (Wildman–Crippen MR) is 126 cm³/mol. The van der Waals surface area contributed by atoms with Gasteiger partial charge in [-0.15, -0.1) is 0 Å². The van der Waals surface area contributed by atoms with Crippen molar-refractivity contribution in [3.8, 4) is 0 Å². The molecule has 1 N–H and O–H groups in total. The van der Waals surface area contributed by atoms with Crippen LogP contribution in [-0.2, 0) is 10.0 Å². The van der Waals surface area contributed by atoms with Crippen LogP contribution in [0, 0.1) is 6.92 Å². The third kappa shape index (κ3) is 4.87. The van der Waals surface area contributed by atoms with Crippen molar-refractivity contribution in [1.29, 1.82) is 0 Å². The van der Waals surface area contributed by atoms with Crippen LogP contribution in [0.15, 0.2) is 71.8 Å². The smallest absolute Gasteiger partial charge is 0.261 e. The predicted octanol–water partition coefficient (Wildman–Crippen LogP) is 3.81. The monoisotopic (exact) mass is 470 g/mol. The second-order valence-electron chi connectivity index (χ2n) is 7.59. The van der Waals surface area contributed by atoms with Crippen LogP contribution in [0.1, 0.15) is 15.9 Å².